The lowest BCUT2D eigenvalue weighted by Gasteiger charge is -2.13. The minimum absolute atomic E-state index is 0.0312. The highest BCUT2D eigenvalue weighted by Gasteiger charge is 2.50. The Balaban J connectivity index is 1.69. The van der Waals surface area contributed by atoms with Gasteiger partial charge in [0.15, 0.2) is 10.8 Å². The van der Waals surface area contributed by atoms with Crippen molar-refractivity contribution in [3.63, 3.8) is 0 Å². The molecule has 13 heteroatoms. The third kappa shape index (κ3) is 6.95. The summed E-state index contributed by atoms with van der Waals surface area (Å²) in [5.74, 6) is -2.96. The Morgan fingerprint density at radius 1 is 1.32 bits per heavy atom. The molecule has 0 saturated carbocycles. The van der Waals surface area contributed by atoms with E-state index in [9.17, 15) is 22.8 Å². The molecule has 31 heavy (non-hydrogen) atoms. The molecule has 0 radical (unpaired) electrons. The van der Waals surface area contributed by atoms with Crippen LogP contribution in [0.1, 0.15) is 37.7 Å². The summed E-state index contributed by atoms with van der Waals surface area (Å²) in [6, 6.07) is 5.59. The number of nitrogens with one attached hydrogen (secondary N) is 1. The average molecular weight is 455 g/mol. The molecule has 1 aliphatic heterocycles. The number of anilines is 1. The monoisotopic (exact) mass is 455 g/mol. The highest BCUT2D eigenvalue weighted by molar-refractivity contribution is 7.87. The number of nitrogens with zero attached hydrogens (tertiary/aromatic N) is 4. The summed E-state index contributed by atoms with van der Waals surface area (Å²) in [5.41, 5.74) is 2.66. The minimum atomic E-state index is -4.49. The predicted octanol–water partition coefficient (Wildman–Crippen LogP) is 0.840. The fourth-order valence-corrected chi connectivity index (χ4v) is 3.59. The number of unbranched alkanes of at least 4 members (excludes halogenated alkanes) is 2. The van der Waals surface area contributed by atoms with Gasteiger partial charge < -0.3 is 14.7 Å². The summed E-state index contributed by atoms with van der Waals surface area (Å²) < 4.78 is 29.3. The minimum Gasteiger partial charge on any atom is -0.385 e. The van der Waals surface area contributed by atoms with Crippen LogP contribution in [0, 0.1) is 6.92 Å². The van der Waals surface area contributed by atoms with E-state index in [0.29, 0.717) is 25.1 Å². The first-order valence-corrected chi connectivity index (χ1v) is 11.1. The molecule has 2 rings (SSSR count). The quantitative estimate of drug-likeness (QED) is 0.179. The van der Waals surface area contributed by atoms with E-state index in [4.69, 9.17) is 9.39 Å². The predicted molar refractivity (Wildman–Crippen MR) is 110 cm³/mol. The second-order valence-corrected chi connectivity index (χ2v) is 8.51. The van der Waals surface area contributed by atoms with Crippen molar-refractivity contribution < 1.29 is 32.2 Å². The number of hydroxylamine groups is 2. The highest BCUT2D eigenvalue weighted by Crippen LogP contribution is 2.22. The van der Waals surface area contributed by atoms with Crippen LogP contribution in [0.2, 0.25) is 0 Å². The number of carbonyl (C=O) groups excluding carboxylic acids is 3. The molecule has 1 atom stereocenters. The molecule has 0 aromatic heterocycles. The number of benzene rings is 1. The van der Waals surface area contributed by atoms with Gasteiger partial charge in [-0.25, -0.2) is 4.79 Å². The Labute approximate surface area is 179 Å². The number of amides is 2. The van der Waals surface area contributed by atoms with Crippen molar-refractivity contribution >= 4 is 39.3 Å². The summed E-state index contributed by atoms with van der Waals surface area (Å²) in [5, 5.41) is 9.12. The van der Waals surface area contributed by atoms with Gasteiger partial charge in [-0.05, 0) is 43.5 Å². The van der Waals surface area contributed by atoms with Gasteiger partial charge in [-0.2, -0.15) is 8.42 Å². The Bertz CT molecular complexity index is 1020. The van der Waals surface area contributed by atoms with Gasteiger partial charge in [-0.15, -0.1) is 5.06 Å². The standard InChI is InChI=1S/C18H23N5O7S/c1-12-10-13(21-22-19-2)7-8-14(12)20-9-5-3-4-6-17(25)30-23-16(24)11-15(18(23)26)31(27,28)29/h7-8,10,15H,3-6,9,11H2,1-2H3,(H,27,28,29)/p+2. The molecule has 1 aromatic rings. The van der Waals surface area contributed by atoms with E-state index in [1.165, 1.54) is 0 Å². The summed E-state index contributed by atoms with van der Waals surface area (Å²) in [7, 11) is -2.95. The van der Waals surface area contributed by atoms with Gasteiger partial charge in [0.1, 0.15) is 12.2 Å². The molecule has 168 valence electrons. The molecular weight excluding hydrogens is 430 g/mol. The Kier molecular flexibility index (Phi) is 8.37. The van der Waals surface area contributed by atoms with Crippen LogP contribution in [0.25, 0.3) is 0 Å². The molecule has 1 aromatic carbocycles. The molecule has 1 heterocycles. The third-order valence-corrected chi connectivity index (χ3v) is 5.58. The number of hydrogen-bond acceptors (Lipinski definition) is 9. The number of hydrogen-bond donors (Lipinski definition) is 1. The molecule has 2 amide bonds. The summed E-state index contributed by atoms with van der Waals surface area (Å²) in [6.45, 7) is 2.62. The fraction of sp³-hybridized carbons (Fsp3) is 0.500. The van der Waals surface area contributed by atoms with Gasteiger partial charge >= 0.3 is 16.1 Å². The Morgan fingerprint density at radius 2 is 2.06 bits per heavy atom. The summed E-state index contributed by atoms with van der Waals surface area (Å²) in [4.78, 5) is 43.7. The first-order valence-electron chi connectivity index (χ1n) is 9.54. The molecule has 0 spiro atoms. The van der Waals surface area contributed by atoms with Crippen LogP contribution in [0.3, 0.4) is 0 Å². The van der Waals surface area contributed by atoms with Crippen LogP contribution in [-0.4, -0.2) is 54.7 Å². The van der Waals surface area contributed by atoms with Crippen LogP contribution < -0.4 is 10.2 Å². The molecule has 1 saturated heterocycles. The number of imide groups is 1. The van der Waals surface area contributed by atoms with Crippen molar-refractivity contribution in [2.75, 3.05) is 18.9 Å². The Hall–Kier alpha value is -3.15. The maximum absolute atomic E-state index is 11.9. The lowest BCUT2D eigenvalue weighted by Crippen LogP contribution is -2.36. The Morgan fingerprint density at radius 3 is 2.68 bits per heavy atom. The van der Waals surface area contributed by atoms with Crippen LogP contribution in [0.5, 0.6) is 0 Å². The van der Waals surface area contributed by atoms with Gasteiger partial charge in [-0.3, -0.25) is 9.59 Å². The van der Waals surface area contributed by atoms with E-state index in [1.807, 2.05) is 25.1 Å². The normalized spacial score (nSPS) is 16.1. The zero-order valence-corrected chi connectivity index (χ0v) is 18.0. The smallest absolute Gasteiger partial charge is 0.385 e. The van der Waals surface area contributed by atoms with Crippen molar-refractivity contribution in [3.8, 4) is 0 Å². The van der Waals surface area contributed by atoms with Crippen molar-refractivity contribution in [3.05, 3.63) is 23.8 Å². The van der Waals surface area contributed by atoms with Gasteiger partial charge in [0.2, 0.25) is 10.2 Å². The molecule has 12 nitrogen and oxygen atoms in total. The average Bonchev–Trinajstić information content (AvgIpc) is 2.98. The number of rotatable bonds is 10. The van der Waals surface area contributed by atoms with E-state index in [0.717, 1.165) is 17.7 Å². The first-order chi connectivity index (χ1) is 14.6. The molecule has 1 aliphatic rings. The molecular formula is C18H25N5O7S+2. The second-order valence-electron chi connectivity index (χ2n) is 6.85. The second kappa shape index (κ2) is 10.8. The SMILES string of the molecule is CN=[N+]=Nc1ccc(NCCCCCC(=O)ON2C(=O)CC(S(=O)(=O)[OH2+])C2=O)c(C)c1. The number of aryl methyl sites for hydroxylation is 1. The summed E-state index contributed by atoms with van der Waals surface area (Å²) in [6.07, 6.45) is 1.20. The maximum atomic E-state index is 11.9. The van der Waals surface area contributed by atoms with Crippen LogP contribution in [0.4, 0.5) is 11.4 Å². The van der Waals surface area contributed by atoms with Gasteiger partial charge in [0.25, 0.3) is 11.8 Å². The zero-order chi connectivity index (χ0) is 23.0. The van der Waals surface area contributed by atoms with E-state index in [2.05, 4.69) is 20.5 Å². The van der Waals surface area contributed by atoms with Crippen molar-refractivity contribution in [1.29, 1.82) is 0 Å². The van der Waals surface area contributed by atoms with Gasteiger partial charge in [0, 0.05) is 18.7 Å². The van der Waals surface area contributed by atoms with E-state index >= 15 is 0 Å². The maximum Gasteiger partial charge on any atom is 0.390 e. The van der Waals surface area contributed by atoms with Crippen LogP contribution in [0.15, 0.2) is 28.4 Å². The number of carbonyl (C=O) groups is 3. The summed E-state index contributed by atoms with van der Waals surface area (Å²) >= 11 is 0. The van der Waals surface area contributed by atoms with E-state index < -0.39 is 39.6 Å². The molecule has 1 unspecified atom stereocenters. The van der Waals surface area contributed by atoms with E-state index in [1.54, 1.807) is 7.05 Å². The topological polar surface area (TPSA) is 172 Å². The lowest BCUT2D eigenvalue weighted by molar-refractivity contribution is -0.197. The fourth-order valence-electron chi connectivity index (χ4n) is 2.87. The zero-order valence-electron chi connectivity index (χ0n) is 17.2. The largest absolute Gasteiger partial charge is 0.390 e. The molecule has 0 bridgehead atoms. The molecule has 0 aliphatic carbocycles. The molecule has 3 N–H and O–H groups in total. The highest BCUT2D eigenvalue weighted by atomic mass is 32.2. The van der Waals surface area contributed by atoms with Crippen molar-refractivity contribution in [2.24, 2.45) is 10.2 Å². The van der Waals surface area contributed by atoms with Crippen molar-refractivity contribution in [2.45, 2.75) is 44.3 Å². The third-order valence-electron chi connectivity index (χ3n) is 4.46. The van der Waals surface area contributed by atoms with E-state index in [-0.39, 0.29) is 11.5 Å². The van der Waals surface area contributed by atoms with Gasteiger partial charge in [-0.1, -0.05) is 6.42 Å². The van der Waals surface area contributed by atoms with Gasteiger partial charge in [0.05, 0.1) is 6.42 Å². The molecule has 1 fully saturated rings. The van der Waals surface area contributed by atoms with Crippen LogP contribution >= 0.6 is 0 Å². The van der Waals surface area contributed by atoms with Crippen LogP contribution in [-0.2, 0) is 29.3 Å². The lowest BCUT2D eigenvalue weighted by atomic mass is 10.1. The van der Waals surface area contributed by atoms with Crippen molar-refractivity contribution in [1.82, 2.24) is 9.97 Å². The first kappa shape index (κ1) is 24.1.